The van der Waals surface area contributed by atoms with Gasteiger partial charge in [-0.3, -0.25) is 0 Å². The second-order valence-electron chi connectivity index (χ2n) is 4.06. The van der Waals surface area contributed by atoms with Crippen molar-refractivity contribution in [2.24, 2.45) is 0 Å². The summed E-state index contributed by atoms with van der Waals surface area (Å²) in [6, 6.07) is 0. The molecule has 0 amide bonds. The average molecular weight is 214 g/mol. The van der Waals surface area contributed by atoms with E-state index >= 15 is 0 Å². The number of nitrogens with zero attached hydrogens (tertiary/aromatic N) is 2. The molecule has 0 bridgehead atoms. The van der Waals surface area contributed by atoms with E-state index in [1.807, 2.05) is 26.4 Å². The van der Waals surface area contributed by atoms with Crippen molar-refractivity contribution in [2.75, 3.05) is 13.6 Å². The van der Waals surface area contributed by atoms with E-state index in [9.17, 15) is 5.11 Å². The van der Waals surface area contributed by atoms with Crippen molar-refractivity contribution >= 4 is 0 Å². The van der Waals surface area contributed by atoms with Crippen LogP contribution in [-0.4, -0.2) is 40.8 Å². The molecular weight excluding hydrogens is 188 g/mol. The third kappa shape index (κ3) is 5.07. The fourth-order valence-electron chi connectivity index (χ4n) is 1.26. The highest BCUT2D eigenvalue weighted by Crippen LogP contribution is 2.13. The lowest BCUT2D eigenvalue weighted by molar-refractivity contribution is 0.0960. The minimum atomic E-state index is -0.205. The second-order valence-corrected chi connectivity index (χ2v) is 4.06. The largest absolute Gasteiger partial charge is 0.391 e. The molecule has 0 aromatic carbocycles. The van der Waals surface area contributed by atoms with Crippen LogP contribution in [0.5, 0.6) is 0 Å². The quantitative estimate of drug-likeness (QED) is 0.780. The summed E-state index contributed by atoms with van der Waals surface area (Å²) < 4.78 is 0. The summed E-state index contributed by atoms with van der Waals surface area (Å²) in [7, 11) is 2.04. The first-order chi connectivity index (χ1) is 7.06. The predicted octanol–water partition coefficient (Wildman–Crippen LogP) is 2.24. The molecule has 3 nitrogen and oxygen atoms in total. The maximum Gasteiger partial charge on any atom is 0.0976 e. The number of aliphatic hydroxyl groups excluding tert-OH is 1. The number of aliphatic hydroxyl groups is 1. The summed E-state index contributed by atoms with van der Waals surface area (Å²) in [5, 5.41) is 9.43. The molecule has 2 unspecified atom stereocenters. The van der Waals surface area contributed by atoms with Crippen molar-refractivity contribution in [3.8, 4) is 0 Å². The van der Waals surface area contributed by atoms with Gasteiger partial charge in [0.15, 0.2) is 0 Å². The van der Waals surface area contributed by atoms with Crippen LogP contribution in [0.15, 0.2) is 12.4 Å². The molecule has 1 rings (SSSR count). The Hall–Kier alpha value is -0.700. The molecule has 0 spiro atoms. The Morgan fingerprint density at radius 3 is 2.13 bits per heavy atom. The molecule has 0 saturated heterocycles. The van der Waals surface area contributed by atoms with Gasteiger partial charge in [-0.1, -0.05) is 27.2 Å². The lowest BCUT2D eigenvalue weighted by Gasteiger charge is -2.28. The highest BCUT2D eigenvalue weighted by molar-refractivity contribution is 4.94. The average Bonchev–Trinajstić information content (AvgIpc) is 2.51. The third-order valence-electron chi connectivity index (χ3n) is 2.46. The Bertz CT molecular complexity index is 182. The lowest BCUT2D eigenvalue weighted by atomic mass is 10.2. The molecule has 1 aliphatic heterocycles. The van der Waals surface area contributed by atoms with E-state index < -0.39 is 0 Å². The van der Waals surface area contributed by atoms with Crippen LogP contribution in [0.25, 0.3) is 0 Å². The standard InChI is InChI=1S/C9H18N2O.C3H8/c1-4-9(12)7-11-6-5-10(3)8(11)2;1-3-2/h5-6,8-9,12H,4,7H2,1-3H3;3H2,1-2H3. The zero-order valence-corrected chi connectivity index (χ0v) is 10.8. The van der Waals surface area contributed by atoms with Crippen LogP contribution in [-0.2, 0) is 0 Å². The monoisotopic (exact) mass is 214 g/mol. The van der Waals surface area contributed by atoms with Gasteiger partial charge in [-0.15, -0.1) is 0 Å². The molecule has 0 aromatic rings. The van der Waals surface area contributed by atoms with Gasteiger partial charge in [-0.25, -0.2) is 0 Å². The maximum atomic E-state index is 9.43. The van der Waals surface area contributed by atoms with E-state index in [4.69, 9.17) is 0 Å². The van der Waals surface area contributed by atoms with E-state index in [2.05, 4.69) is 30.6 Å². The summed E-state index contributed by atoms with van der Waals surface area (Å²) in [6.07, 6.45) is 6.31. The smallest absolute Gasteiger partial charge is 0.0976 e. The minimum Gasteiger partial charge on any atom is -0.391 e. The van der Waals surface area contributed by atoms with E-state index in [1.54, 1.807) is 0 Å². The van der Waals surface area contributed by atoms with Gasteiger partial charge < -0.3 is 14.9 Å². The van der Waals surface area contributed by atoms with Crippen molar-refractivity contribution in [2.45, 2.75) is 52.8 Å². The summed E-state index contributed by atoms with van der Waals surface area (Å²) in [5.74, 6) is 0. The molecule has 1 aliphatic rings. The van der Waals surface area contributed by atoms with E-state index in [0.717, 1.165) is 13.0 Å². The number of hydrogen-bond donors (Lipinski definition) is 1. The van der Waals surface area contributed by atoms with E-state index in [-0.39, 0.29) is 6.10 Å². The minimum absolute atomic E-state index is 0.205. The van der Waals surface area contributed by atoms with Crippen molar-refractivity contribution in [3.63, 3.8) is 0 Å². The first-order valence-corrected chi connectivity index (χ1v) is 5.90. The van der Waals surface area contributed by atoms with Crippen molar-refractivity contribution < 1.29 is 5.11 Å². The van der Waals surface area contributed by atoms with Gasteiger partial charge in [0.05, 0.1) is 12.3 Å². The van der Waals surface area contributed by atoms with Gasteiger partial charge in [0.1, 0.15) is 0 Å². The third-order valence-corrected chi connectivity index (χ3v) is 2.46. The van der Waals surface area contributed by atoms with Gasteiger partial charge in [0.2, 0.25) is 0 Å². The zero-order chi connectivity index (χ0) is 11.8. The lowest BCUT2D eigenvalue weighted by Crippen LogP contribution is -2.37. The summed E-state index contributed by atoms with van der Waals surface area (Å²) >= 11 is 0. The fraction of sp³-hybridized carbons (Fsp3) is 0.833. The van der Waals surface area contributed by atoms with E-state index in [1.165, 1.54) is 6.42 Å². The second kappa shape index (κ2) is 7.57. The number of β-amino-alcohol motifs (C(OH)–C–C–N with tert-alkyl or cyclic N) is 1. The van der Waals surface area contributed by atoms with Crippen LogP contribution in [0.1, 0.15) is 40.5 Å². The van der Waals surface area contributed by atoms with Crippen LogP contribution in [0.2, 0.25) is 0 Å². The Balaban J connectivity index is 0.000000583. The van der Waals surface area contributed by atoms with Crippen LogP contribution in [0.3, 0.4) is 0 Å². The normalized spacial score (nSPS) is 21.3. The van der Waals surface area contributed by atoms with Crippen molar-refractivity contribution in [3.05, 3.63) is 12.4 Å². The highest BCUT2D eigenvalue weighted by atomic mass is 16.3. The van der Waals surface area contributed by atoms with Crippen LogP contribution < -0.4 is 0 Å². The highest BCUT2D eigenvalue weighted by Gasteiger charge is 2.19. The molecule has 0 aromatic heterocycles. The summed E-state index contributed by atoms with van der Waals surface area (Å²) in [4.78, 5) is 4.27. The fourth-order valence-corrected chi connectivity index (χ4v) is 1.26. The van der Waals surface area contributed by atoms with E-state index in [0.29, 0.717) is 6.17 Å². The number of hydrogen-bond acceptors (Lipinski definition) is 3. The first kappa shape index (κ1) is 14.3. The molecule has 1 heterocycles. The Labute approximate surface area is 94.4 Å². The van der Waals surface area contributed by atoms with Gasteiger partial charge in [-0.2, -0.15) is 0 Å². The number of rotatable bonds is 3. The Morgan fingerprint density at radius 2 is 1.80 bits per heavy atom. The molecule has 90 valence electrons. The topological polar surface area (TPSA) is 26.7 Å². The van der Waals surface area contributed by atoms with Gasteiger partial charge >= 0.3 is 0 Å². The first-order valence-electron chi connectivity index (χ1n) is 5.90. The SMILES string of the molecule is CCC.CCC(O)CN1C=CN(C)C1C. The molecular formula is C12H26N2O. The molecule has 0 aliphatic carbocycles. The Morgan fingerprint density at radius 1 is 1.27 bits per heavy atom. The van der Waals surface area contributed by atoms with Gasteiger partial charge in [0, 0.05) is 26.0 Å². The molecule has 15 heavy (non-hydrogen) atoms. The van der Waals surface area contributed by atoms with Gasteiger partial charge in [0.25, 0.3) is 0 Å². The van der Waals surface area contributed by atoms with Crippen molar-refractivity contribution in [1.29, 1.82) is 0 Å². The van der Waals surface area contributed by atoms with Crippen LogP contribution in [0, 0.1) is 0 Å². The molecule has 1 N–H and O–H groups in total. The zero-order valence-electron chi connectivity index (χ0n) is 10.8. The molecule has 0 saturated carbocycles. The Kier molecular flexibility index (Phi) is 7.22. The maximum absolute atomic E-state index is 9.43. The summed E-state index contributed by atoms with van der Waals surface area (Å²) in [6.45, 7) is 9.11. The molecule has 0 fully saturated rings. The van der Waals surface area contributed by atoms with Crippen molar-refractivity contribution in [1.82, 2.24) is 9.80 Å². The van der Waals surface area contributed by atoms with Gasteiger partial charge in [-0.05, 0) is 13.3 Å². The van der Waals surface area contributed by atoms with Crippen LogP contribution in [0.4, 0.5) is 0 Å². The molecule has 0 radical (unpaired) electrons. The summed E-state index contributed by atoms with van der Waals surface area (Å²) in [5.41, 5.74) is 0. The molecule has 2 atom stereocenters. The molecule has 3 heteroatoms. The predicted molar refractivity (Wildman–Crippen MR) is 65.3 cm³/mol. The van der Waals surface area contributed by atoms with Crippen LogP contribution >= 0.6 is 0 Å².